The Morgan fingerprint density at radius 3 is 2.62 bits per heavy atom. The van der Waals surface area contributed by atoms with Crippen molar-refractivity contribution in [3.63, 3.8) is 0 Å². The molecule has 0 aromatic carbocycles. The lowest BCUT2D eigenvalue weighted by atomic mass is 9.98. The molecular formula is C10H20N2O4. The van der Waals surface area contributed by atoms with Gasteiger partial charge in [-0.25, -0.2) is 4.79 Å². The zero-order valence-electron chi connectivity index (χ0n) is 9.32. The van der Waals surface area contributed by atoms with Crippen LogP contribution in [-0.2, 0) is 4.84 Å². The fraction of sp³-hybridized carbons (Fsp3) is 0.900. The van der Waals surface area contributed by atoms with Crippen molar-refractivity contribution in [3.05, 3.63) is 0 Å². The molecule has 6 heteroatoms. The summed E-state index contributed by atoms with van der Waals surface area (Å²) in [6.45, 7) is 0.243. The first-order chi connectivity index (χ1) is 7.68. The first-order valence-electron chi connectivity index (χ1n) is 5.72. The van der Waals surface area contributed by atoms with Crippen LogP contribution in [0.5, 0.6) is 0 Å². The first-order valence-corrected chi connectivity index (χ1v) is 5.72. The molecule has 1 fully saturated rings. The largest absolute Gasteiger partial charge is 0.465 e. The van der Waals surface area contributed by atoms with Gasteiger partial charge < -0.3 is 15.5 Å². The van der Waals surface area contributed by atoms with Crippen molar-refractivity contribution >= 4 is 6.09 Å². The summed E-state index contributed by atoms with van der Waals surface area (Å²) in [7, 11) is 0. The Morgan fingerprint density at radius 2 is 2.00 bits per heavy atom. The molecule has 1 atom stereocenters. The Hall–Kier alpha value is -0.850. The van der Waals surface area contributed by atoms with E-state index in [9.17, 15) is 9.90 Å². The molecule has 94 valence electrons. The maximum absolute atomic E-state index is 10.2. The van der Waals surface area contributed by atoms with Gasteiger partial charge in [-0.15, -0.1) is 0 Å². The number of aliphatic hydroxyl groups excluding tert-OH is 1. The third kappa shape index (κ3) is 5.89. The van der Waals surface area contributed by atoms with Gasteiger partial charge >= 0.3 is 6.09 Å². The average molecular weight is 232 g/mol. The number of hydroxylamine groups is 1. The fourth-order valence-electron chi connectivity index (χ4n) is 1.72. The van der Waals surface area contributed by atoms with Crippen LogP contribution >= 0.6 is 0 Å². The molecule has 1 aliphatic rings. The van der Waals surface area contributed by atoms with E-state index >= 15 is 0 Å². The first kappa shape index (κ1) is 13.2. The van der Waals surface area contributed by atoms with Crippen LogP contribution in [0.3, 0.4) is 0 Å². The summed E-state index contributed by atoms with van der Waals surface area (Å²) in [5, 5.41) is 19.8. The second-order valence-electron chi connectivity index (χ2n) is 4.07. The highest BCUT2D eigenvalue weighted by Gasteiger charge is 2.14. The van der Waals surface area contributed by atoms with E-state index in [0.29, 0.717) is 0 Å². The molecule has 1 saturated carbocycles. The van der Waals surface area contributed by atoms with Gasteiger partial charge in [0.2, 0.25) is 0 Å². The van der Waals surface area contributed by atoms with Crippen LogP contribution < -0.4 is 10.8 Å². The van der Waals surface area contributed by atoms with Crippen molar-refractivity contribution in [1.29, 1.82) is 0 Å². The molecule has 0 bridgehead atoms. The highest BCUT2D eigenvalue weighted by molar-refractivity contribution is 5.64. The molecule has 0 aromatic heterocycles. The van der Waals surface area contributed by atoms with E-state index in [2.05, 4.69) is 10.8 Å². The predicted octanol–water partition coefficient (Wildman–Crippen LogP) is 0.469. The molecular weight excluding hydrogens is 212 g/mol. The maximum Gasteiger partial charge on any atom is 0.404 e. The minimum absolute atomic E-state index is 0.0103. The molecule has 1 amide bonds. The van der Waals surface area contributed by atoms with Crippen LogP contribution in [0.25, 0.3) is 0 Å². The normalized spacial score (nSPS) is 19.3. The van der Waals surface area contributed by atoms with Crippen LogP contribution in [-0.4, -0.2) is 41.6 Å². The molecule has 0 heterocycles. The second kappa shape index (κ2) is 7.43. The molecule has 0 saturated heterocycles. The van der Waals surface area contributed by atoms with Crippen molar-refractivity contribution in [2.24, 2.45) is 0 Å². The molecule has 1 rings (SSSR count). The van der Waals surface area contributed by atoms with Gasteiger partial charge in [0, 0.05) is 13.1 Å². The van der Waals surface area contributed by atoms with Gasteiger partial charge in [-0.2, -0.15) is 5.48 Å². The molecule has 0 spiro atoms. The van der Waals surface area contributed by atoms with Gasteiger partial charge in [-0.1, -0.05) is 19.3 Å². The average Bonchev–Trinajstić information content (AvgIpc) is 2.28. The topological polar surface area (TPSA) is 90.8 Å². The summed E-state index contributed by atoms with van der Waals surface area (Å²) >= 11 is 0. The smallest absolute Gasteiger partial charge is 0.404 e. The predicted molar refractivity (Wildman–Crippen MR) is 58.0 cm³/mol. The number of rotatable bonds is 6. The summed E-state index contributed by atoms with van der Waals surface area (Å²) in [4.78, 5) is 15.5. The minimum Gasteiger partial charge on any atom is -0.465 e. The van der Waals surface area contributed by atoms with Crippen LogP contribution in [0.15, 0.2) is 0 Å². The third-order valence-corrected chi connectivity index (χ3v) is 2.61. The summed E-state index contributed by atoms with van der Waals surface area (Å²) in [5.74, 6) is 0. The highest BCUT2D eigenvalue weighted by atomic mass is 16.7. The lowest BCUT2D eigenvalue weighted by Crippen LogP contribution is -2.39. The van der Waals surface area contributed by atoms with Gasteiger partial charge in [-0.3, -0.25) is 4.84 Å². The van der Waals surface area contributed by atoms with Crippen LogP contribution in [0.4, 0.5) is 4.79 Å². The molecule has 0 radical (unpaired) electrons. The Bertz CT molecular complexity index is 207. The molecule has 0 aliphatic heterocycles. The summed E-state index contributed by atoms with van der Waals surface area (Å²) in [6.07, 6.45) is 4.09. The van der Waals surface area contributed by atoms with E-state index in [1.165, 1.54) is 19.3 Å². The molecule has 1 aliphatic carbocycles. The van der Waals surface area contributed by atoms with Crippen molar-refractivity contribution in [3.8, 4) is 0 Å². The Balaban J connectivity index is 1.98. The number of hydrogen-bond donors (Lipinski definition) is 4. The maximum atomic E-state index is 10.2. The zero-order chi connectivity index (χ0) is 11.8. The van der Waals surface area contributed by atoms with Crippen LogP contribution in [0.1, 0.15) is 32.1 Å². The number of aliphatic hydroxyl groups is 1. The number of nitrogens with one attached hydrogen (secondary N) is 2. The van der Waals surface area contributed by atoms with E-state index in [-0.39, 0.29) is 19.2 Å². The number of carbonyl (C=O) groups is 1. The Labute approximate surface area is 94.9 Å². The molecule has 1 unspecified atom stereocenters. The van der Waals surface area contributed by atoms with Gasteiger partial charge in [-0.05, 0) is 12.8 Å². The zero-order valence-corrected chi connectivity index (χ0v) is 9.32. The van der Waals surface area contributed by atoms with Crippen LogP contribution in [0.2, 0.25) is 0 Å². The van der Waals surface area contributed by atoms with Crippen molar-refractivity contribution in [2.75, 3.05) is 13.1 Å². The van der Waals surface area contributed by atoms with Gasteiger partial charge in [0.05, 0.1) is 12.2 Å². The summed E-state index contributed by atoms with van der Waals surface area (Å²) < 4.78 is 0. The highest BCUT2D eigenvalue weighted by Crippen LogP contribution is 2.19. The molecule has 6 nitrogen and oxygen atoms in total. The lowest BCUT2D eigenvalue weighted by Gasteiger charge is -2.22. The van der Waals surface area contributed by atoms with E-state index in [0.717, 1.165) is 12.8 Å². The lowest BCUT2D eigenvalue weighted by molar-refractivity contribution is -0.0545. The van der Waals surface area contributed by atoms with E-state index in [1.54, 1.807) is 0 Å². The van der Waals surface area contributed by atoms with Crippen molar-refractivity contribution < 1.29 is 19.8 Å². The molecule has 16 heavy (non-hydrogen) atoms. The quantitative estimate of drug-likeness (QED) is 0.500. The standard InChI is InChI=1S/C10H20N2O4/c13-8(6-11-10(14)15)7-12-16-9-4-2-1-3-5-9/h8-9,11-13H,1-7H2,(H,14,15). The second-order valence-corrected chi connectivity index (χ2v) is 4.07. The van der Waals surface area contributed by atoms with Gasteiger partial charge in [0.25, 0.3) is 0 Å². The summed E-state index contributed by atoms with van der Waals surface area (Å²) in [6, 6.07) is 0. The number of hydrogen-bond acceptors (Lipinski definition) is 4. The molecule has 0 aromatic rings. The SMILES string of the molecule is O=C(O)NCC(O)CNOC1CCCCC1. The van der Waals surface area contributed by atoms with Crippen LogP contribution in [0, 0.1) is 0 Å². The van der Waals surface area contributed by atoms with Gasteiger partial charge in [0.1, 0.15) is 0 Å². The van der Waals surface area contributed by atoms with Gasteiger partial charge in [0.15, 0.2) is 0 Å². The number of amides is 1. The fourth-order valence-corrected chi connectivity index (χ4v) is 1.72. The Kier molecular flexibility index (Phi) is 6.14. The van der Waals surface area contributed by atoms with E-state index < -0.39 is 12.2 Å². The number of carboxylic acid groups (broad SMARTS) is 1. The van der Waals surface area contributed by atoms with E-state index in [4.69, 9.17) is 9.94 Å². The third-order valence-electron chi connectivity index (χ3n) is 2.61. The van der Waals surface area contributed by atoms with Crippen molar-refractivity contribution in [2.45, 2.75) is 44.3 Å². The molecule has 4 N–H and O–H groups in total. The summed E-state index contributed by atoms with van der Waals surface area (Å²) in [5.41, 5.74) is 2.70. The minimum atomic E-state index is -1.13. The Morgan fingerprint density at radius 1 is 1.31 bits per heavy atom. The van der Waals surface area contributed by atoms with Crippen molar-refractivity contribution in [1.82, 2.24) is 10.8 Å². The monoisotopic (exact) mass is 232 g/mol. The van der Waals surface area contributed by atoms with E-state index in [1.807, 2.05) is 0 Å².